The Morgan fingerprint density at radius 2 is 2.24 bits per heavy atom. The van der Waals surface area contributed by atoms with Crippen LogP contribution in [-0.4, -0.2) is 41.9 Å². The zero-order valence-electron chi connectivity index (χ0n) is 10.9. The first-order chi connectivity index (χ1) is 7.63. The molecule has 0 aromatic carbocycles. The molecule has 102 valence electrons. The molecular formula is C12H25ClN2OS. The van der Waals surface area contributed by atoms with Crippen LogP contribution in [0.4, 0.5) is 0 Å². The standard InChI is InChI=1S/C12H24N2OS.ClH/c1-10(2)4-6-16-9-12(15)14-5-3-11(7-13)8-14;/h10-11H,3-9,13H2,1-2H3;1H. The van der Waals surface area contributed by atoms with Gasteiger partial charge in [-0.1, -0.05) is 13.8 Å². The summed E-state index contributed by atoms with van der Waals surface area (Å²) in [7, 11) is 0. The number of likely N-dealkylation sites (tertiary alicyclic amines) is 1. The largest absolute Gasteiger partial charge is 0.342 e. The van der Waals surface area contributed by atoms with E-state index in [0.717, 1.165) is 31.2 Å². The van der Waals surface area contributed by atoms with E-state index in [4.69, 9.17) is 5.73 Å². The summed E-state index contributed by atoms with van der Waals surface area (Å²) in [5.41, 5.74) is 5.61. The van der Waals surface area contributed by atoms with Crippen molar-refractivity contribution < 1.29 is 4.79 Å². The second-order valence-corrected chi connectivity index (χ2v) is 6.07. The van der Waals surface area contributed by atoms with Crippen LogP contribution in [0.25, 0.3) is 0 Å². The maximum absolute atomic E-state index is 11.8. The van der Waals surface area contributed by atoms with E-state index in [1.807, 2.05) is 4.90 Å². The van der Waals surface area contributed by atoms with E-state index in [1.54, 1.807) is 11.8 Å². The van der Waals surface area contributed by atoms with Gasteiger partial charge in [0, 0.05) is 13.1 Å². The highest BCUT2D eigenvalue weighted by atomic mass is 35.5. The Morgan fingerprint density at radius 3 is 2.76 bits per heavy atom. The van der Waals surface area contributed by atoms with Gasteiger partial charge in [-0.15, -0.1) is 12.4 Å². The molecule has 1 unspecified atom stereocenters. The van der Waals surface area contributed by atoms with Crippen molar-refractivity contribution in [2.75, 3.05) is 31.1 Å². The maximum Gasteiger partial charge on any atom is 0.232 e. The lowest BCUT2D eigenvalue weighted by atomic mass is 10.1. The summed E-state index contributed by atoms with van der Waals surface area (Å²) in [6.07, 6.45) is 2.28. The monoisotopic (exact) mass is 280 g/mol. The summed E-state index contributed by atoms with van der Waals surface area (Å²) < 4.78 is 0. The predicted octanol–water partition coefficient (Wildman–Crippen LogP) is 1.99. The molecule has 0 aromatic rings. The topological polar surface area (TPSA) is 46.3 Å². The molecule has 1 aliphatic heterocycles. The SMILES string of the molecule is CC(C)CCSCC(=O)N1CCC(CN)C1.Cl. The highest BCUT2D eigenvalue weighted by Crippen LogP contribution is 2.17. The number of hydrogen-bond donors (Lipinski definition) is 1. The molecule has 1 saturated heterocycles. The van der Waals surface area contributed by atoms with E-state index in [9.17, 15) is 4.79 Å². The minimum absolute atomic E-state index is 0. The summed E-state index contributed by atoms with van der Waals surface area (Å²) in [6.45, 7) is 6.93. The molecular weight excluding hydrogens is 256 g/mol. The highest BCUT2D eigenvalue weighted by molar-refractivity contribution is 7.99. The van der Waals surface area contributed by atoms with Gasteiger partial charge in [0.05, 0.1) is 5.75 Å². The Hall–Kier alpha value is 0.0700. The first-order valence-electron chi connectivity index (χ1n) is 6.19. The normalized spacial score (nSPS) is 19.5. The predicted molar refractivity (Wildman–Crippen MR) is 77.8 cm³/mol. The third kappa shape index (κ3) is 6.53. The van der Waals surface area contributed by atoms with E-state index in [1.165, 1.54) is 6.42 Å². The van der Waals surface area contributed by atoms with Crippen molar-refractivity contribution in [2.45, 2.75) is 26.7 Å². The number of amides is 1. The molecule has 3 nitrogen and oxygen atoms in total. The van der Waals surface area contributed by atoms with E-state index in [2.05, 4.69) is 13.8 Å². The van der Waals surface area contributed by atoms with Gasteiger partial charge in [-0.3, -0.25) is 4.79 Å². The maximum atomic E-state index is 11.8. The number of rotatable bonds is 6. The van der Waals surface area contributed by atoms with E-state index in [-0.39, 0.29) is 12.4 Å². The fourth-order valence-electron chi connectivity index (χ4n) is 1.82. The molecule has 1 amide bonds. The van der Waals surface area contributed by atoms with Crippen molar-refractivity contribution in [3.63, 3.8) is 0 Å². The van der Waals surface area contributed by atoms with Gasteiger partial charge in [-0.05, 0) is 37.0 Å². The lowest BCUT2D eigenvalue weighted by Gasteiger charge is -2.16. The van der Waals surface area contributed by atoms with E-state index in [0.29, 0.717) is 24.1 Å². The van der Waals surface area contributed by atoms with Crippen molar-refractivity contribution in [3.8, 4) is 0 Å². The Labute approximate surface area is 115 Å². The molecule has 0 aliphatic carbocycles. The fourth-order valence-corrected chi connectivity index (χ4v) is 2.96. The smallest absolute Gasteiger partial charge is 0.232 e. The van der Waals surface area contributed by atoms with Crippen molar-refractivity contribution in [1.82, 2.24) is 4.90 Å². The first kappa shape index (κ1) is 17.1. The molecule has 1 fully saturated rings. The Morgan fingerprint density at radius 1 is 1.53 bits per heavy atom. The summed E-state index contributed by atoms with van der Waals surface area (Å²) in [6, 6.07) is 0. The Bertz CT molecular complexity index is 227. The zero-order chi connectivity index (χ0) is 12.0. The first-order valence-corrected chi connectivity index (χ1v) is 7.34. The number of thioether (sulfide) groups is 1. The lowest BCUT2D eigenvalue weighted by Crippen LogP contribution is -2.31. The third-order valence-electron chi connectivity index (χ3n) is 3.04. The minimum atomic E-state index is 0. The van der Waals surface area contributed by atoms with Crippen LogP contribution < -0.4 is 5.73 Å². The average Bonchev–Trinajstić information content (AvgIpc) is 2.72. The van der Waals surface area contributed by atoms with Crippen LogP contribution in [-0.2, 0) is 4.79 Å². The third-order valence-corrected chi connectivity index (χ3v) is 4.01. The zero-order valence-corrected chi connectivity index (χ0v) is 12.5. The molecule has 17 heavy (non-hydrogen) atoms. The van der Waals surface area contributed by atoms with Crippen molar-refractivity contribution in [1.29, 1.82) is 0 Å². The van der Waals surface area contributed by atoms with E-state index >= 15 is 0 Å². The fraction of sp³-hybridized carbons (Fsp3) is 0.917. The second-order valence-electron chi connectivity index (χ2n) is 4.97. The van der Waals surface area contributed by atoms with E-state index < -0.39 is 0 Å². The van der Waals surface area contributed by atoms with Gasteiger partial charge in [0.25, 0.3) is 0 Å². The van der Waals surface area contributed by atoms with Crippen LogP contribution in [0.3, 0.4) is 0 Å². The summed E-state index contributed by atoms with van der Waals surface area (Å²) in [5.74, 6) is 3.30. The van der Waals surface area contributed by atoms with Crippen LogP contribution in [0.15, 0.2) is 0 Å². The summed E-state index contributed by atoms with van der Waals surface area (Å²) in [4.78, 5) is 13.8. The number of halogens is 1. The van der Waals surface area contributed by atoms with Crippen LogP contribution in [0.2, 0.25) is 0 Å². The molecule has 1 rings (SSSR count). The molecule has 0 bridgehead atoms. The second kappa shape index (κ2) is 9.06. The van der Waals surface area contributed by atoms with Crippen molar-refractivity contribution in [2.24, 2.45) is 17.6 Å². The highest BCUT2D eigenvalue weighted by Gasteiger charge is 2.24. The Balaban J connectivity index is 0.00000256. The molecule has 1 atom stereocenters. The number of nitrogens with two attached hydrogens (primary N) is 1. The molecule has 2 N–H and O–H groups in total. The molecule has 1 heterocycles. The molecule has 0 radical (unpaired) electrons. The summed E-state index contributed by atoms with van der Waals surface area (Å²) >= 11 is 1.76. The lowest BCUT2D eigenvalue weighted by molar-refractivity contribution is -0.127. The summed E-state index contributed by atoms with van der Waals surface area (Å²) in [5, 5.41) is 0. The van der Waals surface area contributed by atoms with Crippen molar-refractivity contribution >= 4 is 30.1 Å². The van der Waals surface area contributed by atoms with Crippen LogP contribution >= 0.6 is 24.2 Å². The molecule has 0 saturated carbocycles. The number of carbonyl (C=O) groups excluding carboxylic acids is 1. The molecule has 0 aromatic heterocycles. The number of carbonyl (C=O) groups is 1. The molecule has 0 spiro atoms. The van der Waals surface area contributed by atoms with Gasteiger partial charge < -0.3 is 10.6 Å². The van der Waals surface area contributed by atoms with Crippen LogP contribution in [0.1, 0.15) is 26.7 Å². The minimum Gasteiger partial charge on any atom is -0.342 e. The number of hydrogen-bond acceptors (Lipinski definition) is 3. The van der Waals surface area contributed by atoms with Gasteiger partial charge in [0.1, 0.15) is 0 Å². The van der Waals surface area contributed by atoms with Crippen LogP contribution in [0.5, 0.6) is 0 Å². The number of nitrogens with zero attached hydrogens (tertiary/aromatic N) is 1. The van der Waals surface area contributed by atoms with Gasteiger partial charge in [-0.25, -0.2) is 0 Å². The van der Waals surface area contributed by atoms with Crippen molar-refractivity contribution in [3.05, 3.63) is 0 Å². The van der Waals surface area contributed by atoms with Gasteiger partial charge in [-0.2, -0.15) is 11.8 Å². The average molecular weight is 281 g/mol. The van der Waals surface area contributed by atoms with Gasteiger partial charge >= 0.3 is 0 Å². The molecule has 5 heteroatoms. The van der Waals surface area contributed by atoms with Gasteiger partial charge in [0.2, 0.25) is 5.91 Å². The van der Waals surface area contributed by atoms with Crippen LogP contribution in [0, 0.1) is 11.8 Å². The van der Waals surface area contributed by atoms with Gasteiger partial charge in [0.15, 0.2) is 0 Å². The quantitative estimate of drug-likeness (QED) is 0.757. The Kier molecular flexibility index (Phi) is 9.10. The molecule has 1 aliphatic rings.